The van der Waals surface area contributed by atoms with Crippen molar-refractivity contribution < 1.29 is 23.5 Å². The van der Waals surface area contributed by atoms with Gasteiger partial charge in [0, 0.05) is 18.5 Å². The van der Waals surface area contributed by atoms with Crippen LogP contribution in [0.1, 0.15) is 56.3 Å². The van der Waals surface area contributed by atoms with E-state index in [-0.39, 0.29) is 11.7 Å². The lowest BCUT2D eigenvalue weighted by Crippen LogP contribution is -2.49. The number of benzene rings is 2. The molecule has 0 unspecified atom stereocenters. The first kappa shape index (κ1) is 26.4. The minimum absolute atomic E-state index is 0.0743. The Morgan fingerprint density at radius 2 is 1.61 bits per heavy atom. The molecule has 0 aliphatic heterocycles. The van der Waals surface area contributed by atoms with Crippen LogP contribution >= 0.6 is 0 Å². The number of nitrogens with zero attached hydrogens (tertiary/aromatic N) is 1. The lowest BCUT2D eigenvalue weighted by Gasteiger charge is -2.29. The molecule has 0 atom stereocenters. The summed E-state index contributed by atoms with van der Waals surface area (Å²) in [4.78, 5) is 24.1. The highest BCUT2D eigenvalue weighted by Gasteiger charge is 2.20. The molecule has 2 rings (SSSR count). The lowest BCUT2D eigenvalue weighted by atomic mass is 10.1. The Morgan fingerprint density at radius 3 is 2.27 bits per heavy atom. The molecular weight excluding hydrogens is 416 g/mol. The highest BCUT2D eigenvalue weighted by molar-refractivity contribution is 5.95. The van der Waals surface area contributed by atoms with Crippen molar-refractivity contribution in [2.75, 3.05) is 40.3 Å². The van der Waals surface area contributed by atoms with E-state index in [4.69, 9.17) is 9.47 Å². The molecule has 0 spiro atoms. The van der Waals surface area contributed by atoms with Crippen LogP contribution in [0.25, 0.3) is 0 Å². The number of Topliss-reactive ketones (excluding diaryl/α,β-unsaturated/α-hetero) is 1. The van der Waals surface area contributed by atoms with Crippen molar-refractivity contribution in [1.29, 1.82) is 0 Å². The highest BCUT2D eigenvalue weighted by Crippen LogP contribution is 2.31. The number of carbonyl (C=O) groups is 2. The van der Waals surface area contributed by atoms with Crippen molar-refractivity contribution in [1.82, 2.24) is 5.32 Å². The summed E-state index contributed by atoms with van der Waals surface area (Å²) in [6.45, 7) is 6.33. The summed E-state index contributed by atoms with van der Waals surface area (Å²) >= 11 is 0. The summed E-state index contributed by atoms with van der Waals surface area (Å²) in [5.41, 5.74) is 0.680. The van der Waals surface area contributed by atoms with E-state index in [1.807, 2.05) is 45.3 Å². The zero-order valence-corrected chi connectivity index (χ0v) is 20.6. The van der Waals surface area contributed by atoms with Gasteiger partial charge in [-0.25, -0.2) is 0 Å². The Balaban J connectivity index is 1.84. The summed E-state index contributed by atoms with van der Waals surface area (Å²) < 4.78 is 12.5. The Morgan fingerprint density at radius 1 is 0.909 bits per heavy atom. The quantitative estimate of drug-likeness (QED) is 0.227. The molecule has 0 radical (unpaired) electrons. The third-order valence-corrected chi connectivity index (χ3v) is 5.45. The number of amides is 1. The van der Waals surface area contributed by atoms with E-state index in [2.05, 4.69) is 12.2 Å². The van der Waals surface area contributed by atoms with E-state index in [0.29, 0.717) is 53.4 Å². The van der Waals surface area contributed by atoms with E-state index >= 15 is 0 Å². The number of unbranched alkanes of at least 4 members (excludes halogenated alkanes) is 3. The summed E-state index contributed by atoms with van der Waals surface area (Å²) in [6.07, 6.45) is 5.07. The molecule has 0 aromatic heterocycles. The van der Waals surface area contributed by atoms with Gasteiger partial charge in [0.2, 0.25) is 0 Å². The van der Waals surface area contributed by atoms with Gasteiger partial charge in [-0.2, -0.15) is 0 Å². The fourth-order valence-electron chi connectivity index (χ4n) is 3.40. The normalized spacial score (nSPS) is 11.2. The number of para-hydroxylation sites is 2. The van der Waals surface area contributed by atoms with Crippen LogP contribution in [0.3, 0.4) is 0 Å². The maximum absolute atomic E-state index is 12.3. The number of ketones is 1. The van der Waals surface area contributed by atoms with E-state index in [1.54, 1.807) is 24.3 Å². The smallest absolute Gasteiger partial charge is 0.275 e. The maximum atomic E-state index is 12.3. The van der Waals surface area contributed by atoms with Gasteiger partial charge in [-0.3, -0.25) is 9.59 Å². The molecule has 1 N–H and O–H groups in total. The first-order valence-electron chi connectivity index (χ1n) is 12.0. The Kier molecular flexibility index (Phi) is 10.9. The SMILES string of the molecule is CCCCCCNC(=O)C[N+](C)(C)CCOc1ccccc1Oc1ccc(C(=O)CC)cc1. The van der Waals surface area contributed by atoms with E-state index in [0.717, 1.165) is 19.4 Å². The van der Waals surface area contributed by atoms with Crippen molar-refractivity contribution in [3.63, 3.8) is 0 Å². The molecule has 0 aliphatic carbocycles. The number of nitrogens with one attached hydrogen (secondary N) is 1. The third-order valence-electron chi connectivity index (χ3n) is 5.45. The minimum Gasteiger partial charge on any atom is -0.484 e. The predicted molar refractivity (Wildman–Crippen MR) is 132 cm³/mol. The Labute approximate surface area is 198 Å². The van der Waals surface area contributed by atoms with Crippen molar-refractivity contribution in [3.05, 3.63) is 54.1 Å². The number of rotatable bonds is 15. The van der Waals surface area contributed by atoms with E-state index in [1.165, 1.54) is 12.8 Å². The van der Waals surface area contributed by atoms with Gasteiger partial charge in [0.25, 0.3) is 5.91 Å². The average Bonchev–Trinajstić information content (AvgIpc) is 2.79. The molecule has 0 bridgehead atoms. The predicted octanol–water partition coefficient (Wildman–Crippen LogP) is 5.22. The van der Waals surface area contributed by atoms with Gasteiger partial charge in [0.15, 0.2) is 23.8 Å². The van der Waals surface area contributed by atoms with Crippen molar-refractivity contribution in [3.8, 4) is 17.2 Å². The van der Waals surface area contributed by atoms with E-state index < -0.39 is 0 Å². The molecule has 6 heteroatoms. The van der Waals surface area contributed by atoms with Gasteiger partial charge in [-0.05, 0) is 42.8 Å². The second-order valence-corrected chi connectivity index (χ2v) is 8.93. The van der Waals surface area contributed by atoms with Crippen molar-refractivity contribution in [2.45, 2.75) is 46.0 Å². The average molecular weight is 456 g/mol. The van der Waals surface area contributed by atoms with Crippen LogP contribution in [0.2, 0.25) is 0 Å². The summed E-state index contributed by atoms with van der Waals surface area (Å²) in [6, 6.07) is 14.7. The van der Waals surface area contributed by atoms with Crippen LogP contribution in [-0.2, 0) is 4.79 Å². The second-order valence-electron chi connectivity index (χ2n) is 8.93. The van der Waals surface area contributed by atoms with Crippen molar-refractivity contribution >= 4 is 11.7 Å². The van der Waals surface area contributed by atoms with Crippen LogP contribution in [0.4, 0.5) is 0 Å². The fourth-order valence-corrected chi connectivity index (χ4v) is 3.40. The molecule has 0 heterocycles. The van der Waals surface area contributed by atoms with Gasteiger partial charge in [-0.15, -0.1) is 0 Å². The first-order valence-corrected chi connectivity index (χ1v) is 12.0. The molecule has 0 fully saturated rings. The summed E-state index contributed by atoms with van der Waals surface area (Å²) in [5, 5.41) is 3.02. The van der Waals surface area contributed by atoms with Gasteiger partial charge in [0.1, 0.15) is 18.9 Å². The van der Waals surface area contributed by atoms with Crippen molar-refractivity contribution in [2.24, 2.45) is 0 Å². The third kappa shape index (κ3) is 9.66. The molecule has 0 saturated carbocycles. The summed E-state index contributed by atoms with van der Waals surface area (Å²) in [7, 11) is 4.06. The van der Waals surface area contributed by atoms with Crippen LogP contribution in [0.5, 0.6) is 17.2 Å². The molecule has 0 aliphatic rings. The van der Waals surface area contributed by atoms with Gasteiger partial charge in [-0.1, -0.05) is 45.2 Å². The van der Waals surface area contributed by atoms with Crippen LogP contribution < -0.4 is 14.8 Å². The molecule has 1 amide bonds. The standard InChI is InChI=1S/C27H38N2O4/c1-5-7-8-11-18-28-27(31)21-29(3,4)19-20-32-25-12-9-10-13-26(25)33-23-16-14-22(15-17-23)24(30)6-2/h9-10,12-17H,5-8,11,18-21H2,1-4H3/p+1. The molecular formula is C27H39N2O4+. The topological polar surface area (TPSA) is 64.6 Å². The maximum Gasteiger partial charge on any atom is 0.275 e. The number of hydrogen-bond donors (Lipinski definition) is 1. The van der Waals surface area contributed by atoms with Gasteiger partial charge < -0.3 is 19.3 Å². The van der Waals surface area contributed by atoms with Gasteiger partial charge >= 0.3 is 0 Å². The number of quaternary nitrogens is 1. The second kappa shape index (κ2) is 13.6. The number of carbonyl (C=O) groups excluding carboxylic acids is 2. The fraction of sp³-hybridized carbons (Fsp3) is 0.481. The number of likely N-dealkylation sites (N-methyl/N-ethyl adjacent to an activating group) is 1. The lowest BCUT2D eigenvalue weighted by molar-refractivity contribution is -0.882. The molecule has 33 heavy (non-hydrogen) atoms. The molecule has 0 saturated heterocycles. The zero-order valence-electron chi connectivity index (χ0n) is 20.6. The van der Waals surface area contributed by atoms with E-state index in [9.17, 15) is 9.59 Å². The number of ether oxygens (including phenoxy) is 2. The zero-order chi connectivity index (χ0) is 24.1. The van der Waals surface area contributed by atoms with Crippen LogP contribution in [-0.4, -0.2) is 56.5 Å². The van der Waals surface area contributed by atoms with Crippen LogP contribution in [0, 0.1) is 0 Å². The first-order chi connectivity index (χ1) is 15.8. The minimum atomic E-state index is 0.0743. The summed E-state index contributed by atoms with van der Waals surface area (Å²) in [5.74, 6) is 2.08. The molecule has 2 aromatic carbocycles. The Hall–Kier alpha value is -2.86. The Bertz CT molecular complexity index is 878. The molecule has 180 valence electrons. The monoisotopic (exact) mass is 455 g/mol. The van der Waals surface area contributed by atoms with Crippen LogP contribution in [0.15, 0.2) is 48.5 Å². The highest BCUT2D eigenvalue weighted by atomic mass is 16.5. The molecule has 6 nitrogen and oxygen atoms in total. The largest absolute Gasteiger partial charge is 0.484 e. The number of hydrogen-bond acceptors (Lipinski definition) is 4. The molecule has 2 aromatic rings. The van der Waals surface area contributed by atoms with Gasteiger partial charge in [0.05, 0.1) is 14.1 Å².